The Morgan fingerprint density at radius 3 is 3.00 bits per heavy atom. The Hall–Kier alpha value is -2.10. The van der Waals surface area contributed by atoms with Gasteiger partial charge in [0.1, 0.15) is 12.2 Å². The molecule has 0 fully saturated rings. The van der Waals surface area contributed by atoms with Crippen LogP contribution in [0.3, 0.4) is 0 Å². The molecule has 1 aliphatic heterocycles. The number of rotatable bonds is 1. The maximum absolute atomic E-state index is 11.7. The molecule has 0 bridgehead atoms. The molecule has 1 amide bonds. The number of hydrogen-bond acceptors (Lipinski definition) is 3. The molecule has 1 aromatic heterocycles. The maximum Gasteiger partial charge on any atom is 0.238 e. The minimum atomic E-state index is -0.333. The number of nitrogens with one attached hydrogen (secondary N) is 1. The molecule has 74 valence electrons. The van der Waals surface area contributed by atoms with Crippen LogP contribution in [0.5, 0.6) is 0 Å². The first-order chi connectivity index (χ1) is 7.36. The number of para-hydroxylation sites is 1. The molecule has 1 atom stereocenters. The molecule has 0 saturated carbocycles. The highest BCUT2D eigenvalue weighted by Crippen LogP contribution is 2.35. The first-order valence-corrected chi connectivity index (χ1v) is 4.64. The minimum Gasteiger partial charge on any atom is -0.451 e. The first-order valence-electron chi connectivity index (χ1n) is 4.64. The summed E-state index contributed by atoms with van der Waals surface area (Å²) in [6.07, 6.45) is 2.84. The van der Waals surface area contributed by atoms with Crippen LogP contribution in [0.4, 0.5) is 5.69 Å². The van der Waals surface area contributed by atoms with E-state index in [1.54, 1.807) is 0 Å². The van der Waals surface area contributed by atoms with Crippen molar-refractivity contribution in [3.8, 4) is 0 Å². The Kier molecular flexibility index (Phi) is 1.62. The molecular formula is C11H8N2O2. The summed E-state index contributed by atoms with van der Waals surface area (Å²) in [4.78, 5) is 15.8. The van der Waals surface area contributed by atoms with Crippen molar-refractivity contribution in [1.29, 1.82) is 0 Å². The lowest BCUT2D eigenvalue weighted by molar-refractivity contribution is -0.116. The highest BCUT2D eigenvalue weighted by atomic mass is 16.3. The zero-order chi connectivity index (χ0) is 10.3. The largest absolute Gasteiger partial charge is 0.451 e. The van der Waals surface area contributed by atoms with Crippen LogP contribution in [0.1, 0.15) is 17.2 Å². The number of carbonyl (C=O) groups excluding carboxylic acids is 1. The van der Waals surface area contributed by atoms with Crippen LogP contribution in [0.2, 0.25) is 0 Å². The van der Waals surface area contributed by atoms with Crippen molar-refractivity contribution in [3.63, 3.8) is 0 Å². The van der Waals surface area contributed by atoms with Gasteiger partial charge in [-0.2, -0.15) is 0 Å². The van der Waals surface area contributed by atoms with Gasteiger partial charge < -0.3 is 9.73 Å². The summed E-state index contributed by atoms with van der Waals surface area (Å²) >= 11 is 0. The van der Waals surface area contributed by atoms with Crippen LogP contribution in [-0.2, 0) is 4.79 Å². The van der Waals surface area contributed by atoms with Gasteiger partial charge in [-0.1, -0.05) is 18.2 Å². The third-order valence-corrected chi connectivity index (χ3v) is 2.54. The molecule has 0 aliphatic carbocycles. The Morgan fingerprint density at radius 1 is 1.33 bits per heavy atom. The van der Waals surface area contributed by atoms with E-state index in [1.165, 1.54) is 12.7 Å². The van der Waals surface area contributed by atoms with E-state index in [4.69, 9.17) is 4.42 Å². The average molecular weight is 200 g/mol. The lowest BCUT2D eigenvalue weighted by Gasteiger charge is -2.02. The highest BCUT2D eigenvalue weighted by molar-refractivity contribution is 6.04. The van der Waals surface area contributed by atoms with Gasteiger partial charge in [0.2, 0.25) is 5.91 Å². The summed E-state index contributed by atoms with van der Waals surface area (Å²) in [5, 5.41) is 2.82. The second-order valence-electron chi connectivity index (χ2n) is 3.42. The van der Waals surface area contributed by atoms with Crippen LogP contribution < -0.4 is 5.32 Å². The topological polar surface area (TPSA) is 55.1 Å². The number of oxazole rings is 1. The summed E-state index contributed by atoms with van der Waals surface area (Å²) in [5.74, 6) is -0.384. The predicted octanol–water partition coefficient (Wildman–Crippen LogP) is 1.76. The van der Waals surface area contributed by atoms with Crippen LogP contribution in [0.15, 0.2) is 41.3 Å². The minimum absolute atomic E-state index is 0.0508. The summed E-state index contributed by atoms with van der Waals surface area (Å²) < 4.78 is 4.90. The predicted molar refractivity (Wildman–Crippen MR) is 53.4 cm³/mol. The second-order valence-corrected chi connectivity index (χ2v) is 3.42. The Bertz CT molecular complexity index is 505. The van der Waals surface area contributed by atoms with Crippen molar-refractivity contribution < 1.29 is 9.21 Å². The van der Waals surface area contributed by atoms with Gasteiger partial charge in [-0.15, -0.1) is 0 Å². The summed E-state index contributed by atoms with van der Waals surface area (Å²) in [6, 6.07) is 7.61. The average Bonchev–Trinajstić information content (AvgIpc) is 2.82. The number of nitrogens with zero attached hydrogens (tertiary/aromatic N) is 1. The molecule has 1 aliphatic rings. The molecule has 1 N–H and O–H groups in total. The summed E-state index contributed by atoms with van der Waals surface area (Å²) in [6.45, 7) is 0. The van der Waals surface area contributed by atoms with E-state index in [0.29, 0.717) is 5.69 Å². The molecule has 3 rings (SSSR count). The van der Waals surface area contributed by atoms with Gasteiger partial charge in [-0.25, -0.2) is 4.98 Å². The summed E-state index contributed by atoms with van der Waals surface area (Å²) in [5.41, 5.74) is 2.46. The van der Waals surface area contributed by atoms with Gasteiger partial charge >= 0.3 is 0 Å². The third-order valence-electron chi connectivity index (χ3n) is 2.54. The fourth-order valence-corrected chi connectivity index (χ4v) is 1.87. The monoisotopic (exact) mass is 200 g/mol. The van der Waals surface area contributed by atoms with Crippen LogP contribution >= 0.6 is 0 Å². The molecule has 0 spiro atoms. The molecule has 0 saturated heterocycles. The first kappa shape index (κ1) is 8.23. The number of hydrogen-bond donors (Lipinski definition) is 1. The van der Waals surface area contributed by atoms with Crippen LogP contribution in [0.25, 0.3) is 0 Å². The standard InChI is InChI=1S/C11H8N2O2/c14-11-10(9-5-15-6-12-9)7-3-1-2-4-8(7)13-11/h1-6,10H,(H,13,14). The van der Waals surface area contributed by atoms with Gasteiger partial charge in [0.25, 0.3) is 0 Å². The van der Waals surface area contributed by atoms with Gasteiger partial charge in [0, 0.05) is 5.69 Å². The highest BCUT2D eigenvalue weighted by Gasteiger charge is 2.33. The normalized spacial score (nSPS) is 18.7. The van der Waals surface area contributed by atoms with Crippen molar-refractivity contribution in [3.05, 3.63) is 48.2 Å². The smallest absolute Gasteiger partial charge is 0.238 e. The quantitative estimate of drug-likeness (QED) is 0.763. The van der Waals surface area contributed by atoms with Crippen LogP contribution in [-0.4, -0.2) is 10.9 Å². The maximum atomic E-state index is 11.7. The number of aromatic nitrogens is 1. The zero-order valence-corrected chi connectivity index (χ0v) is 7.81. The Labute approximate surface area is 85.9 Å². The van der Waals surface area contributed by atoms with Gasteiger partial charge in [-0.3, -0.25) is 4.79 Å². The van der Waals surface area contributed by atoms with Gasteiger partial charge in [0.15, 0.2) is 6.39 Å². The third kappa shape index (κ3) is 1.15. The van der Waals surface area contributed by atoms with Crippen LogP contribution in [0, 0.1) is 0 Å². The fourth-order valence-electron chi connectivity index (χ4n) is 1.87. The lowest BCUT2D eigenvalue weighted by Crippen LogP contribution is -2.13. The molecule has 1 unspecified atom stereocenters. The number of carbonyl (C=O) groups is 1. The molecular weight excluding hydrogens is 192 g/mol. The second kappa shape index (κ2) is 2.95. The molecule has 4 nitrogen and oxygen atoms in total. The van der Waals surface area contributed by atoms with E-state index in [0.717, 1.165) is 11.3 Å². The molecule has 15 heavy (non-hydrogen) atoms. The molecule has 0 radical (unpaired) electrons. The van der Waals surface area contributed by atoms with Crippen molar-refractivity contribution in [1.82, 2.24) is 4.98 Å². The molecule has 4 heteroatoms. The van der Waals surface area contributed by atoms with Gasteiger partial charge in [-0.05, 0) is 11.6 Å². The van der Waals surface area contributed by atoms with E-state index in [9.17, 15) is 4.79 Å². The molecule has 2 aromatic rings. The SMILES string of the molecule is O=C1Nc2ccccc2C1c1cocn1. The van der Waals surface area contributed by atoms with E-state index in [-0.39, 0.29) is 11.8 Å². The van der Waals surface area contributed by atoms with E-state index < -0.39 is 0 Å². The number of amides is 1. The summed E-state index contributed by atoms with van der Waals surface area (Å²) in [7, 11) is 0. The van der Waals surface area contributed by atoms with Crippen molar-refractivity contribution in [2.75, 3.05) is 5.32 Å². The van der Waals surface area contributed by atoms with E-state index in [1.807, 2.05) is 24.3 Å². The van der Waals surface area contributed by atoms with Crippen molar-refractivity contribution >= 4 is 11.6 Å². The zero-order valence-electron chi connectivity index (χ0n) is 7.81. The Balaban J connectivity index is 2.14. The number of benzene rings is 1. The van der Waals surface area contributed by atoms with Gasteiger partial charge in [0.05, 0.1) is 5.69 Å². The van der Waals surface area contributed by atoms with E-state index >= 15 is 0 Å². The lowest BCUT2D eigenvalue weighted by atomic mass is 9.98. The number of fused-ring (bicyclic) bond motifs is 1. The Morgan fingerprint density at radius 2 is 2.20 bits per heavy atom. The van der Waals surface area contributed by atoms with Crippen molar-refractivity contribution in [2.24, 2.45) is 0 Å². The fraction of sp³-hybridized carbons (Fsp3) is 0.0909. The molecule has 1 aromatic carbocycles. The molecule has 2 heterocycles. The van der Waals surface area contributed by atoms with Crippen molar-refractivity contribution in [2.45, 2.75) is 5.92 Å². The van der Waals surface area contributed by atoms with E-state index in [2.05, 4.69) is 10.3 Å². The number of anilines is 1.